The highest BCUT2D eigenvalue weighted by molar-refractivity contribution is 5.67. The Morgan fingerprint density at radius 1 is 1.32 bits per heavy atom. The first kappa shape index (κ1) is 19.5. The molecule has 2 rings (SSSR count). The molecular weight excluding hydrogens is 318 g/mol. The van der Waals surface area contributed by atoms with Gasteiger partial charge in [0.05, 0.1) is 18.8 Å². The van der Waals surface area contributed by atoms with Gasteiger partial charge in [0, 0.05) is 0 Å². The molecule has 0 saturated carbocycles. The second kappa shape index (κ2) is 10.9. The Bertz CT molecular complexity index is 532. The number of aliphatic hydroxyl groups excluding tert-OH is 1. The van der Waals surface area contributed by atoms with Crippen molar-refractivity contribution in [3.8, 4) is 0 Å². The van der Waals surface area contributed by atoms with Crippen LogP contribution in [0.3, 0.4) is 0 Å². The standard InChI is InChI=1S/C20H29NO4/c1-2-3-4-8-13-19(22)15-18-12-9-14-25-21(18)20(23)24-16-17-10-6-5-7-11-17/h5-7,9-12,18-19,22H,2-4,8,13-16H2,1H3/t18-,19+/m1/s1. The monoisotopic (exact) mass is 347 g/mol. The number of ether oxygens (including phenoxy) is 1. The van der Waals surface area contributed by atoms with Gasteiger partial charge in [0.25, 0.3) is 0 Å². The third-order valence-electron chi connectivity index (χ3n) is 4.26. The number of carbonyl (C=O) groups excluding carboxylic acids is 1. The predicted octanol–water partition coefficient (Wildman–Crippen LogP) is 4.22. The normalized spacial score (nSPS) is 18.2. The van der Waals surface area contributed by atoms with Crippen LogP contribution in [0.4, 0.5) is 4.79 Å². The van der Waals surface area contributed by atoms with Crippen molar-refractivity contribution in [2.75, 3.05) is 6.61 Å². The van der Waals surface area contributed by atoms with Crippen molar-refractivity contribution in [2.24, 2.45) is 0 Å². The maximum atomic E-state index is 12.3. The maximum Gasteiger partial charge on any atom is 0.434 e. The van der Waals surface area contributed by atoms with Gasteiger partial charge in [-0.25, -0.2) is 4.79 Å². The minimum Gasteiger partial charge on any atom is -0.443 e. The van der Waals surface area contributed by atoms with Crippen molar-refractivity contribution in [3.05, 3.63) is 48.0 Å². The van der Waals surface area contributed by atoms with Crippen molar-refractivity contribution in [1.29, 1.82) is 0 Å². The highest BCUT2D eigenvalue weighted by Gasteiger charge is 2.28. The number of benzene rings is 1. The molecule has 1 aliphatic heterocycles. The van der Waals surface area contributed by atoms with Crippen LogP contribution in [0.25, 0.3) is 0 Å². The van der Waals surface area contributed by atoms with E-state index in [0.717, 1.165) is 24.8 Å². The van der Waals surface area contributed by atoms with E-state index in [4.69, 9.17) is 9.57 Å². The van der Waals surface area contributed by atoms with Crippen LogP contribution >= 0.6 is 0 Å². The van der Waals surface area contributed by atoms with Gasteiger partial charge in [-0.05, 0) is 18.4 Å². The summed E-state index contributed by atoms with van der Waals surface area (Å²) in [6, 6.07) is 9.24. The summed E-state index contributed by atoms with van der Waals surface area (Å²) < 4.78 is 5.34. The van der Waals surface area contributed by atoms with E-state index in [1.807, 2.05) is 42.5 Å². The van der Waals surface area contributed by atoms with Crippen molar-refractivity contribution in [1.82, 2.24) is 5.06 Å². The predicted molar refractivity (Wildman–Crippen MR) is 96.7 cm³/mol. The average Bonchev–Trinajstić information content (AvgIpc) is 2.64. The van der Waals surface area contributed by atoms with Crippen molar-refractivity contribution < 1.29 is 19.5 Å². The molecule has 0 unspecified atom stereocenters. The molecule has 0 aliphatic carbocycles. The van der Waals surface area contributed by atoms with Crippen LogP contribution in [0.1, 0.15) is 51.0 Å². The molecule has 0 radical (unpaired) electrons. The van der Waals surface area contributed by atoms with Crippen LogP contribution in [-0.4, -0.2) is 35.0 Å². The first-order valence-electron chi connectivity index (χ1n) is 9.18. The summed E-state index contributed by atoms with van der Waals surface area (Å²) in [7, 11) is 0. The van der Waals surface area contributed by atoms with Gasteiger partial charge in [0.1, 0.15) is 6.61 Å². The Morgan fingerprint density at radius 3 is 2.88 bits per heavy atom. The van der Waals surface area contributed by atoms with Crippen LogP contribution in [0.2, 0.25) is 0 Å². The minimum atomic E-state index is -0.517. The van der Waals surface area contributed by atoms with E-state index in [1.54, 1.807) is 0 Å². The number of carbonyl (C=O) groups is 1. The third-order valence-corrected chi connectivity index (χ3v) is 4.26. The summed E-state index contributed by atoms with van der Waals surface area (Å²) in [5.74, 6) is 0. The lowest BCUT2D eigenvalue weighted by molar-refractivity contribution is -0.155. The summed E-state index contributed by atoms with van der Waals surface area (Å²) in [6.07, 6.45) is 8.53. The molecule has 0 saturated heterocycles. The van der Waals surface area contributed by atoms with Gasteiger partial charge in [-0.1, -0.05) is 75.1 Å². The van der Waals surface area contributed by atoms with Gasteiger partial charge in [-0.3, -0.25) is 4.84 Å². The number of nitrogens with zero attached hydrogens (tertiary/aromatic N) is 1. The fraction of sp³-hybridized carbons (Fsp3) is 0.550. The Morgan fingerprint density at radius 2 is 2.12 bits per heavy atom. The smallest absolute Gasteiger partial charge is 0.434 e. The third kappa shape index (κ3) is 6.88. The molecule has 1 heterocycles. The fourth-order valence-corrected chi connectivity index (χ4v) is 2.86. The van der Waals surface area contributed by atoms with Crippen LogP contribution in [0.5, 0.6) is 0 Å². The molecule has 5 heteroatoms. The Balaban J connectivity index is 1.81. The van der Waals surface area contributed by atoms with E-state index < -0.39 is 12.2 Å². The number of hydrogen-bond acceptors (Lipinski definition) is 4. The van der Waals surface area contributed by atoms with Crippen LogP contribution in [-0.2, 0) is 16.2 Å². The molecule has 5 nitrogen and oxygen atoms in total. The minimum absolute atomic E-state index is 0.204. The SMILES string of the molecule is CCCCCC[C@H](O)C[C@H]1C=CCON1C(=O)OCc1ccccc1. The van der Waals surface area contributed by atoms with Gasteiger partial charge in [-0.2, -0.15) is 5.06 Å². The zero-order valence-corrected chi connectivity index (χ0v) is 15.0. The fourth-order valence-electron chi connectivity index (χ4n) is 2.86. The van der Waals surface area contributed by atoms with Crippen molar-refractivity contribution in [3.63, 3.8) is 0 Å². The van der Waals surface area contributed by atoms with E-state index in [2.05, 4.69) is 6.92 Å². The molecule has 1 aliphatic rings. The number of hydroxylamine groups is 2. The topological polar surface area (TPSA) is 59.0 Å². The molecule has 1 aromatic carbocycles. The molecular formula is C20H29NO4. The summed E-state index contributed by atoms with van der Waals surface area (Å²) in [5, 5.41) is 11.5. The second-order valence-corrected chi connectivity index (χ2v) is 6.40. The zero-order valence-electron chi connectivity index (χ0n) is 15.0. The largest absolute Gasteiger partial charge is 0.443 e. The van der Waals surface area contributed by atoms with Gasteiger partial charge in [0.2, 0.25) is 0 Å². The molecule has 0 fully saturated rings. The number of unbranched alkanes of at least 4 members (excludes halogenated alkanes) is 3. The lowest BCUT2D eigenvalue weighted by Crippen LogP contribution is -2.43. The number of rotatable bonds is 9. The summed E-state index contributed by atoms with van der Waals surface area (Å²) in [4.78, 5) is 17.8. The first-order chi connectivity index (χ1) is 12.2. The number of aliphatic hydroxyl groups is 1. The molecule has 2 atom stereocenters. The summed E-state index contributed by atoms with van der Waals surface area (Å²) >= 11 is 0. The van der Waals surface area contributed by atoms with Gasteiger partial charge in [-0.15, -0.1) is 0 Å². The Labute approximate surface area is 150 Å². The maximum absolute atomic E-state index is 12.3. The van der Waals surface area contributed by atoms with E-state index in [-0.39, 0.29) is 12.6 Å². The van der Waals surface area contributed by atoms with Crippen molar-refractivity contribution in [2.45, 2.75) is 64.2 Å². The molecule has 25 heavy (non-hydrogen) atoms. The highest BCUT2D eigenvalue weighted by atomic mass is 16.7. The van der Waals surface area contributed by atoms with Crippen LogP contribution < -0.4 is 0 Å². The molecule has 138 valence electrons. The second-order valence-electron chi connectivity index (χ2n) is 6.40. The summed E-state index contributed by atoms with van der Waals surface area (Å²) in [5.41, 5.74) is 0.927. The quantitative estimate of drug-likeness (QED) is 0.537. The Kier molecular flexibility index (Phi) is 8.49. The molecule has 1 N–H and O–H groups in total. The number of amides is 1. The van der Waals surface area contributed by atoms with E-state index >= 15 is 0 Å². The van der Waals surface area contributed by atoms with Gasteiger partial charge < -0.3 is 9.84 Å². The van der Waals surface area contributed by atoms with E-state index in [1.165, 1.54) is 17.9 Å². The molecule has 0 spiro atoms. The highest BCUT2D eigenvalue weighted by Crippen LogP contribution is 2.19. The van der Waals surface area contributed by atoms with Gasteiger partial charge >= 0.3 is 6.09 Å². The lowest BCUT2D eigenvalue weighted by atomic mass is 10.0. The van der Waals surface area contributed by atoms with Crippen molar-refractivity contribution >= 4 is 6.09 Å². The van der Waals surface area contributed by atoms with Gasteiger partial charge in [0.15, 0.2) is 0 Å². The van der Waals surface area contributed by atoms with E-state index in [9.17, 15) is 9.90 Å². The molecule has 0 bridgehead atoms. The van der Waals surface area contributed by atoms with E-state index in [0.29, 0.717) is 13.0 Å². The molecule has 1 aromatic rings. The summed E-state index contributed by atoms with van der Waals surface area (Å²) in [6.45, 7) is 2.71. The van der Waals surface area contributed by atoms with Crippen LogP contribution in [0, 0.1) is 0 Å². The Hall–Kier alpha value is -1.85. The molecule has 0 aromatic heterocycles. The molecule has 1 amide bonds. The van der Waals surface area contributed by atoms with Crippen LogP contribution in [0.15, 0.2) is 42.5 Å². The first-order valence-corrected chi connectivity index (χ1v) is 9.18. The number of hydrogen-bond donors (Lipinski definition) is 1. The lowest BCUT2D eigenvalue weighted by Gasteiger charge is -2.31. The zero-order chi connectivity index (χ0) is 17.9. The average molecular weight is 347 g/mol.